The molecule has 1 aromatic heterocycles. The Labute approximate surface area is 137 Å². The van der Waals surface area contributed by atoms with Crippen LogP contribution in [0.25, 0.3) is 11.0 Å². The summed E-state index contributed by atoms with van der Waals surface area (Å²) in [5, 5.41) is 3.51. The minimum atomic E-state index is -0.638. The van der Waals surface area contributed by atoms with Gasteiger partial charge in [-0.2, -0.15) is 0 Å². The Hall–Kier alpha value is -2.53. The lowest BCUT2D eigenvalue weighted by Crippen LogP contribution is -2.20. The minimum Gasteiger partial charge on any atom is -0.422 e. The molecule has 1 N–H and O–H groups in total. The molecular formula is C18H15NO3S. The highest BCUT2D eigenvalue weighted by Crippen LogP contribution is 2.25. The summed E-state index contributed by atoms with van der Waals surface area (Å²) in [5.74, 6) is -0.469. The number of anilines is 1. The molecule has 0 spiro atoms. The van der Waals surface area contributed by atoms with Crippen LogP contribution in [0, 0.1) is 6.92 Å². The molecule has 0 bridgehead atoms. The maximum atomic E-state index is 12.5. The highest BCUT2D eigenvalue weighted by molar-refractivity contribution is 7.98. The summed E-state index contributed by atoms with van der Waals surface area (Å²) in [7, 11) is 0. The van der Waals surface area contributed by atoms with E-state index in [4.69, 9.17) is 4.42 Å². The monoisotopic (exact) mass is 325 g/mol. The molecule has 3 aromatic rings. The van der Waals surface area contributed by atoms with E-state index < -0.39 is 11.5 Å². The highest BCUT2D eigenvalue weighted by Gasteiger charge is 2.15. The quantitative estimate of drug-likeness (QED) is 0.582. The molecule has 116 valence electrons. The van der Waals surface area contributed by atoms with Gasteiger partial charge in [0, 0.05) is 10.3 Å². The fourth-order valence-electron chi connectivity index (χ4n) is 2.34. The number of nitrogens with one attached hydrogen (secondary N) is 1. The summed E-state index contributed by atoms with van der Waals surface area (Å²) in [5.41, 5.74) is 1.54. The van der Waals surface area contributed by atoms with Gasteiger partial charge in [0.2, 0.25) is 0 Å². The van der Waals surface area contributed by atoms with Crippen molar-refractivity contribution in [2.45, 2.75) is 11.8 Å². The number of rotatable bonds is 3. The third kappa shape index (κ3) is 3.14. The van der Waals surface area contributed by atoms with E-state index in [-0.39, 0.29) is 5.56 Å². The molecule has 1 amide bonds. The average Bonchev–Trinajstić information content (AvgIpc) is 2.55. The lowest BCUT2D eigenvalue weighted by Gasteiger charge is -2.09. The maximum Gasteiger partial charge on any atom is 0.349 e. The molecule has 23 heavy (non-hydrogen) atoms. The van der Waals surface area contributed by atoms with Gasteiger partial charge in [0.1, 0.15) is 11.1 Å². The summed E-state index contributed by atoms with van der Waals surface area (Å²) < 4.78 is 5.24. The Morgan fingerprint density at radius 2 is 1.91 bits per heavy atom. The van der Waals surface area contributed by atoms with E-state index in [1.165, 1.54) is 11.8 Å². The van der Waals surface area contributed by atoms with Crippen molar-refractivity contribution in [1.82, 2.24) is 0 Å². The van der Waals surface area contributed by atoms with E-state index in [0.717, 1.165) is 15.8 Å². The number of carbonyl (C=O) groups is 1. The number of benzene rings is 2. The number of amides is 1. The normalized spacial score (nSPS) is 10.7. The predicted octanol–water partition coefficient (Wildman–Crippen LogP) is 4.08. The summed E-state index contributed by atoms with van der Waals surface area (Å²) in [6.07, 6.45) is 1.93. The van der Waals surface area contributed by atoms with Gasteiger partial charge in [-0.25, -0.2) is 4.79 Å². The Morgan fingerprint density at radius 1 is 1.13 bits per heavy atom. The molecule has 0 atom stereocenters. The van der Waals surface area contributed by atoms with Crippen LogP contribution in [0.2, 0.25) is 0 Å². The summed E-state index contributed by atoms with van der Waals surface area (Å²) in [6, 6.07) is 14.5. The van der Waals surface area contributed by atoms with Crippen LogP contribution in [0.1, 0.15) is 15.9 Å². The van der Waals surface area contributed by atoms with Gasteiger partial charge in [-0.3, -0.25) is 4.79 Å². The standard InChI is InChI=1S/C18H15NO3S/c1-11-7-8-15-12(9-11)10-13(18(21)22-15)17(20)19-14-5-3-4-6-16(14)23-2/h3-10H,1-2H3,(H,19,20). The zero-order chi connectivity index (χ0) is 16.4. The van der Waals surface area contributed by atoms with Gasteiger partial charge < -0.3 is 9.73 Å². The van der Waals surface area contributed by atoms with Crippen LogP contribution in [0.4, 0.5) is 5.69 Å². The highest BCUT2D eigenvalue weighted by atomic mass is 32.2. The van der Waals surface area contributed by atoms with Crippen molar-refractivity contribution in [2.75, 3.05) is 11.6 Å². The van der Waals surface area contributed by atoms with Gasteiger partial charge in [0.15, 0.2) is 0 Å². The van der Waals surface area contributed by atoms with E-state index in [9.17, 15) is 9.59 Å². The summed E-state index contributed by atoms with van der Waals surface area (Å²) >= 11 is 1.53. The second kappa shape index (κ2) is 6.30. The van der Waals surface area contributed by atoms with Crippen molar-refractivity contribution in [3.05, 3.63) is 70.1 Å². The third-order valence-corrected chi connectivity index (χ3v) is 4.28. The smallest absolute Gasteiger partial charge is 0.349 e. The molecule has 2 aromatic carbocycles. The van der Waals surface area contributed by atoms with Crippen molar-refractivity contribution in [3.8, 4) is 0 Å². The number of hydrogen-bond donors (Lipinski definition) is 1. The van der Waals surface area contributed by atoms with Crippen molar-refractivity contribution in [3.63, 3.8) is 0 Å². The maximum absolute atomic E-state index is 12.5. The van der Waals surface area contributed by atoms with Crippen molar-refractivity contribution in [1.29, 1.82) is 0 Å². The molecule has 0 unspecified atom stereocenters. The second-order valence-corrected chi connectivity index (χ2v) is 5.99. The lowest BCUT2D eigenvalue weighted by molar-refractivity contribution is 0.102. The molecule has 0 saturated heterocycles. The van der Waals surface area contributed by atoms with Crippen LogP contribution < -0.4 is 10.9 Å². The van der Waals surface area contributed by atoms with Gasteiger partial charge in [0.25, 0.3) is 5.91 Å². The molecule has 0 saturated carbocycles. The summed E-state index contributed by atoms with van der Waals surface area (Å²) in [4.78, 5) is 25.5. The average molecular weight is 325 g/mol. The SMILES string of the molecule is CSc1ccccc1NC(=O)c1cc2cc(C)ccc2oc1=O. The molecule has 0 aliphatic carbocycles. The van der Waals surface area contributed by atoms with E-state index >= 15 is 0 Å². The first-order valence-electron chi connectivity index (χ1n) is 7.07. The number of thioether (sulfide) groups is 1. The number of aryl methyl sites for hydroxylation is 1. The van der Waals surface area contributed by atoms with Crippen LogP contribution in [-0.4, -0.2) is 12.2 Å². The van der Waals surface area contributed by atoms with E-state index in [2.05, 4.69) is 5.32 Å². The number of fused-ring (bicyclic) bond motifs is 1. The predicted molar refractivity (Wildman–Crippen MR) is 93.4 cm³/mol. The van der Waals surface area contributed by atoms with Crippen LogP contribution in [0.5, 0.6) is 0 Å². The van der Waals surface area contributed by atoms with Crippen LogP contribution >= 0.6 is 11.8 Å². The number of hydrogen-bond acceptors (Lipinski definition) is 4. The first kappa shape index (κ1) is 15.4. The fraction of sp³-hybridized carbons (Fsp3) is 0.111. The zero-order valence-electron chi connectivity index (χ0n) is 12.8. The van der Waals surface area contributed by atoms with Crippen molar-refractivity contribution < 1.29 is 9.21 Å². The molecule has 3 rings (SSSR count). The van der Waals surface area contributed by atoms with Gasteiger partial charge in [-0.15, -0.1) is 11.8 Å². The van der Waals surface area contributed by atoms with E-state index in [1.54, 1.807) is 18.2 Å². The van der Waals surface area contributed by atoms with Gasteiger partial charge in [-0.1, -0.05) is 23.8 Å². The van der Waals surface area contributed by atoms with Gasteiger partial charge in [-0.05, 0) is 43.5 Å². The topological polar surface area (TPSA) is 59.3 Å². The Morgan fingerprint density at radius 3 is 2.70 bits per heavy atom. The molecule has 0 aliphatic rings. The van der Waals surface area contributed by atoms with Crippen molar-refractivity contribution in [2.24, 2.45) is 0 Å². The second-order valence-electron chi connectivity index (χ2n) is 5.14. The van der Waals surface area contributed by atoms with Crippen LogP contribution in [0.15, 0.2) is 62.6 Å². The summed E-state index contributed by atoms with van der Waals surface area (Å²) in [6.45, 7) is 1.94. The first-order chi connectivity index (χ1) is 11.1. The van der Waals surface area contributed by atoms with E-state index in [0.29, 0.717) is 11.3 Å². The molecule has 4 nitrogen and oxygen atoms in total. The van der Waals surface area contributed by atoms with Crippen LogP contribution in [-0.2, 0) is 0 Å². The van der Waals surface area contributed by atoms with Gasteiger partial charge in [0.05, 0.1) is 5.69 Å². The van der Waals surface area contributed by atoms with Gasteiger partial charge >= 0.3 is 5.63 Å². The number of para-hydroxylation sites is 1. The Bertz CT molecular complexity index is 946. The largest absolute Gasteiger partial charge is 0.422 e. The van der Waals surface area contributed by atoms with Crippen LogP contribution in [0.3, 0.4) is 0 Å². The number of carbonyl (C=O) groups excluding carboxylic acids is 1. The Balaban J connectivity index is 2.00. The minimum absolute atomic E-state index is 0.000920. The molecular weight excluding hydrogens is 310 g/mol. The first-order valence-corrected chi connectivity index (χ1v) is 8.30. The molecule has 0 aliphatic heterocycles. The lowest BCUT2D eigenvalue weighted by atomic mass is 10.1. The zero-order valence-corrected chi connectivity index (χ0v) is 13.6. The van der Waals surface area contributed by atoms with Crippen molar-refractivity contribution >= 4 is 34.3 Å². The fourth-order valence-corrected chi connectivity index (χ4v) is 2.89. The van der Waals surface area contributed by atoms with E-state index in [1.807, 2.05) is 43.5 Å². The molecule has 0 fully saturated rings. The molecule has 0 radical (unpaired) electrons. The third-order valence-electron chi connectivity index (χ3n) is 3.49. The molecule has 1 heterocycles. The molecule has 5 heteroatoms. The Kier molecular flexibility index (Phi) is 4.21.